The normalized spacial score (nSPS) is 11.5. The molecule has 0 radical (unpaired) electrons. The molecule has 1 atom stereocenters. The zero-order valence-corrected chi connectivity index (χ0v) is 17.3. The molecule has 0 saturated carbocycles. The van der Waals surface area contributed by atoms with Crippen molar-refractivity contribution in [1.29, 1.82) is 0 Å². The Morgan fingerprint density at radius 2 is 1.37 bits per heavy atom. The van der Waals surface area contributed by atoms with Crippen molar-refractivity contribution in [2.45, 2.75) is 25.8 Å². The summed E-state index contributed by atoms with van der Waals surface area (Å²) in [4.78, 5) is 27.3. The molecule has 154 valence electrons. The summed E-state index contributed by atoms with van der Waals surface area (Å²) in [5, 5.41) is 3.03. The van der Waals surface area contributed by atoms with E-state index in [1.165, 1.54) is 5.56 Å². The molecular formula is C26H28N2O2. The number of nitrogens with zero attached hydrogens (tertiary/aromatic N) is 1. The first kappa shape index (κ1) is 21.3. The lowest BCUT2D eigenvalue weighted by atomic mass is 10.1. The third-order valence-electron chi connectivity index (χ3n) is 5.11. The lowest BCUT2D eigenvalue weighted by Crippen LogP contribution is -2.37. The number of hydrogen-bond donors (Lipinski definition) is 1. The lowest BCUT2D eigenvalue weighted by Gasteiger charge is -2.23. The van der Waals surface area contributed by atoms with Gasteiger partial charge in [-0.25, -0.2) is 0 Å². The molecule has 3 aromatic carbocycles. The summed E-state index contributed by atoms with van der Waals surface area (Å²) in [5.41, 5.74) is 2.88. The lowest BCUT2D eigenvalue weighted by molar-refractivity contribution is -0.121. The summed E-state index contributed by atoms with van der Waals surface area (Å²) >= 11 is 0. The molecule has 0 heterocycles. The zero-order valence-electron chi connectivity index (χ0n) is 17.3. The minimum Gasteiger partial charge on any atom is -0.350 e. The van der Waals surface area contributed by atoms with Crippen LogP contribution >= 0.6 is 0 Å². The Bertz CT molecular complexity index is 927. The molecule has 3 aromatic rings. The van der Waals surface area contributed by atoms with Crippen LogP contribution < -0.4 is 5.32 Å². The van der Waals surface area contributed by atoms with E-state index in [-0.39, 0.29) is 24.3 Å². The first-order valence-corrected chi connectivity index (χ1v) is 10.4. The second-order valence-electron chi connectivity index (χ2n) is 7.34. The predicted molar refractivity (Wildman–Crippen MR) is 120 cm³/mol. The van der Waals surface area contributed by atoms with Crippen molar-refractivity contribution in [3.05, 3.63) is 108 Å². The van der Waals surface area contributed by atoms with Gasteiger partial charge in [0.05, 0.1) is 6.04 Å². The summed E-state index contributed by atoms with van der Waals surface area (Å²) in [7, 11) is 0. The number of carbonyl (C=O) groups excluding carboxylic acids is 2. The monoisotopic (exact) mass is 400 g/mol. The van der Waals surface area contributed by atoms with Crippen LogP contribution in [0.2, 0.25) is 0 Å². The van der Waals surface area contributed by atoms with E-state index in [0.717, 1.165) is 12.0 Å². The number of nitrogens with one attached hydrogen (secondary N) is 1. The second-order valence-corrected chi connectivity index (χ2v) is 7.34. The van der Waals surface area contributed by atoms with Crippen LogP contribution in [0.15, 0.2) is 91.0 Å². The summed E-state index contributed by atoms with van der Waals surface area (Å²) < 4.78 is 0. The van der Waals surface area contributed by atoms with Gasteiger partial charge in [0.25, 0.3) is 5.91 Å². The molecule has 0 saturated heterocycles. The third-order valence-corrected chi connectivity index (χ3v) is 5.11. The molecule has 0 spiro atoms. The number of amides is 2. The van der Waals surface area contributed by atoms with Gasteiger partial charge in [-0.3, -0.25) is 9.59 Å². The van der Waals surface area contributed by atoms with E-state index in [0.29, 0.717) is 18.7 Å². The fourth-order valence-electron chi connectivity index (χ4n) is 3.36. The van der Waals surface area contributed by atoms with Gasteiger partial charge < -0.3 is 10.2 Å². The highest BCUT2D eigenvalue weighted by Gasteiger charge is 2.17. The Kier molecular flexibility index (Phi) is 7.78. The molecular weight excluding hydrogens is 372 g/mol. The predicted octanol–water partition coefficient (Wildman–Crippen LogP) is 4.64. The van der Waals surface area contributed by atoms with Gasteiger partial charge in [0.2, 0.25) is 5.91 Å². The Balaban J connectivity index is 1.61. The molecule has 1 unspecified atom stereocenters. The summed E-state index contributed by atoms with van der Waals surface area (Å²) in [5.74, 6) is -0.104. The highest BCUT2D eigenvalue weighted by atomic mass is 16.2. The molecule has 0 aromatic heterocycles. The average Bonchev–Trinajstić information content (AvgIpc) is 2.80. The van der Waals surface area contributed by atoms with Gasteiger partial charge in [-0.05, 0) is 36.6 Å². The highest BCUT2D eigenvalue weighted by Crippen LogP contribution is 2.12. The molecule has 1 N–H and O–H groups in total. The van der Waals surface area contributed by atoms with Gasteiger partial charge in [-0.2, -0.15) is 0 Å². The highest BCUT2D eigenvalue weighted by molar-refractivity contribution is 5.94. The maximum absolute atomic E-state index is 13.0. The molecule has 0 aliphatic carbocycles. The van der Waals surface area contributed by atoms with Crippen LogP contribution in [0.3, 0.4) is 0 Å². The number of carbonyl (C=O) groups is 2. The maximum Gasteiger partial charge on any atom is 0.253 e. The van der Waals surface area contributed by atoms with E-state index >= 15 is 0 Å². The SMILES string of the molecule is CC(NC(=O)CCN(CCc1ccccc1)C(=O)c1ccccc1)c1ccccc1. The zero-order chi connectivity index (χ0) is 21.2. The minimum atomic E-state index is -0.0682. The van der Waals surface area contributed by atoms with Gasteiger partial charge >= 0.3 is 0 Å². The quantitative estimate of drug-likeness (QED) is 0.569. The Labute approximate surface area is 178 Å². The van der Waals surface area contributed by atoms with E-state index in [4.69, 9.17) is 0 Å². The van der Waals surface area contributed by atoms with E-state index < -0.39 is 0 Å². The second kappa shape index (κ2) is 11.0. The molecule has 2 amide bonds. The molecule has 4 heteroatoms. The smallest absolute Gasteiger partial charge is 0.253 e. The number of rotatable bonds is 9. The molecule has 0 fully saturated rings. The molecule has 30 heavy (non-hydrogen) atoms. The van der Waals surface area contributed by atoms with Crippen molar-refractivity contribution in [1.82, 2.24) is 10.2 Å². The van der Waals surface area contributed by atoms with Crippen LogP contribution in [0, 0.1) is 0 Å². The minimum absolute atomic E-state index is 0.0459. The standard InChI is InChI=1S/C26H28N2O2/c1-21(23-13-7-3-8-14-23)27-25(29)18-20-28(19-17-22-11-5-2-6-12-22)26(30)24-15-9-4-10-16-24/h2-16,21H,17-20H2,1H3,(H,27,29). The van der Waals surface area contributed by atoms with Crippen LogP contribution in [0.4, 0.5) is 0 Å². The van der Waals surface area contributed by atoms with E-state index in [1.807, 2.05) is 85.8 Å². The molecule has 0 aliphatic heterocycles. The van der Waals surface area contributed by atoms with Gasteiger partial charge in [0.15, 0.2) is 0 Å². The van der Waals surface area contributed by atoms with Crippen molar-refractivity contribution < 1.29 is 9.59 Å². The van der Waals surface area contributed by atoms with Crippen molar-refractivity contribution in [2.24, 2.45) is 0 Å². The summed E-state index contributed by atoms with van der Waals surface area (Å²) in [6.45, 7) is 2.92. The topological polar surface area (TPSA) is 49.4 Å². The number of benzene rings is 3. The molecule has 0 aliphatic rings. The summed E-state index contributed by atoms with van der Waals surface area (Å²) in [6.07, 6.45) is 1.02. The van der Waals surface area contributed by atoms with Crippen molar-refractivity contribution in [3.8, 4) is 0 Å². The van der Waals surface area contributed by atoms with Gasteiger partial charge in [0.1, 0.15) is 0 Å². The fourth-order valence-corrected chi connectivity index (χ4v) is 3.36. The van der Waals surface area contributed by atoms with Gasteiger partial charge in [-0.15, -0.1) is 0 Å². The first-order chi connectivity index (χ1) is 14.6. The fraction of sp³-hybridized carbons (Fsp3) is 0.231. The van der Waals surface area contributed by atoms with Gasteiger partial charge in [0, 0.05) is 25.1 Å². The van der Waals surface area contributed by atoms with E-state index in [9.17, 15) is 9.59 Å². The van der Waals surface area contributed by atoms with Crippen LogP contribution in [-0.4, -0.2) is 29.8 Å². The third kappa shape index (κ3) is 6.31. The van der Waals surface area contributed by atoms with E-state index in [1.54, 1.807) is 4.90 Å². The molecule has 0 bridgehead atoms. The van der Waals surface area contributed by atoms with Gasteiger partial charge in [-0.1, -0.05) is 78.9 Å². The Morgan fingerprint density at radius 1 is 0.800 bits per heavy atom. The molecule has 4 nitrogen and oxygen atoms in total. The van der Waals surface area contributed by atoms with Crippen molar-refractivity contribution in [3.63, 3.8) is 0 Å². The van der Waals surface area contributed by atoms with Crippen molar-refractivity contribution >= 4 is 11.8 Å². The summed E-state index contributed by atoms with van der Waals surface area (Å²) in [6, 6.07) is 29.1. The molecule has 3 rings (SSSR count). The first-order valence-electron chi connectivity index (χ1n) is 10.4. The van der Waals surface area contributed by atoms with Crippen LogP contribution in [-0.2, 0) is 11.2 Å². The van der Waals surface area contributed by atoms with Crippen molar-refractivity contribution in [2.75, 3.05) is 13.1 Å². The van der Waals surface area contributed by atoms with Crippen LogP contribution in [0.1, 0.15) is 40.9 Å². The number of hydrogen-bond acceptors (Lipinski definition) is 2. The van der Waals surface area contributed by atoms with Crippen LogP contribution in [0.25, 0.3) is 0 Å². The maximum atomic E-state index is 13.0. The average molecular weight is 401 g/mol. The Morgan fingerprint density at radius 3 is 2.00 bits per heavy atom. The Hall–Kier alpha value is -3.40. The van der Waals surface area contributed by atoms with Crippen LogP contribution in [0.5, 0.6) is 0 Å². The van der Waals surface area contributed by atoms with E-state index in [2.05, 4.69) is 17.4 Å². The largest absolute Gasteiger partial charge is 0.350 e.